The summed E-state index contributed by atoms with van der Waals surface area (Å²) in [5.41, 5.74) is 7.03. The molecule has 0 spiro atoms. The molecule has 0 radical (unpaired) electrons. The lowest BCUT2D eigenvalue weighted by molar-refractivity contribution is -0.147. The van der Waals surface area contributed by atoms with Gasteiger partial charge in [0.05, 0.1) is 22.7 Å². The monoisotopic (exact) mass is 599 g/mol. The molecule has 5 rings (SSSR count). The van der Waals surface area contributed by atoms with Crippen molar-refractivity contribution in [1.29, 1.82) is 0 Å². The molecule has 12 nitrogen and oxygen atoms in total. The van der Waals surface area contributed by atoms with Crippen molar-refractivity contribution in [3.8, 4) is 17.6 Å². The van der Waals surface area contributed by atoms with Crippen LogP contribution in [0, 0.1) is 22.7 Å². The molecule has 0 aromatic heterocycles. The number of fused-ring (bicyclic) bond motifs is 3. The van der Waals surface area contributed by atoms with Crippen molar-refractivity contribution in [3.05, 3.63) is 86.2 Å². The molecule has 0 saturated carbocycles. The Bertz CT molecular complexity index is 1750. The summed E-state index contributed by atoms with van der Waals surface area (Å²) in [6, 6.07) is 9.79. The van der Waals surface area contributed by atoms with Crippen molar-refractivity contribution >= 4 is 23.2 Å². The maximum absolute atomic E-state index is 14.3. The van der Waals surface area contributed by atoms with Crippen molar-refractivity contribution in [1.82, 2.24) is 4.90 Å². The number of amides is 1. The number of phenolic OH excluding ortho intramolecular Hbond substituents is 1. The van der Waals surface area contributed by atoms with Gasteiger partial charge in [-0.05, 0) is 55.2 Å². The van der Waals surface area contributed by atoms with Gasteiger partial charge in [0.2, 0.25) is 5.78 Å². The number of likely N-dealkylation sites (N-methyl/N-ethyl adjacent to an activating group) is 1. The highest BCUT2D eigenvalue weighted by molar-refractivity contribution is 6.25. The molecule has 7 N–H and O–H groups in total. The number of nitroso groups, excluding NO2 is 1. The second-order valence-electron chi connectivity index (χ2n) is 11.9. The first kappa shape index (κ1) is 30.6. The number of nitrogens with zero attached hydrogens (tertiary/aromatic N) is 3. The Hall–Kier alpha value is -4.83. The fraction of sp³-hybridized carbons (Fsp3) is 0.344. The summed E-state index contributed by atoms with van der Waals surface area (Å²) < 4.78 is 0. The minimum absolute atomic E-state index is 0.0742. The molecule has 0 saturated heterocycles. The summed E-state index contributed by atoms with van der Waals surface area (Å²) in [4.78, 5) is 56.0. The molecule has 1 amide bonds. The van der Waals surface area contributed by atoms with Crippen LogP contribution in [0.4, 0.5) is 5.69 Å². The summed E-state index contributed by atoms with van der Waals surface area (Å²) in [5.74, 6) is 0.329. The Balaban J connectivity index is 1.74. The Labute approximate surface area is 253 Å². The highest BCUT2D eigenvalue weighted by Gasteiger charge is 2.70. The zero-order valence-corrected chi connectivity index (χ0v) is 24.7. The van der Waals surface area contributed by atoms with E-state index in [2.05, 4.69) is 17.0 Å². The topological polar surface area (TPSA) is 200 Å². The summed E-state index contributed by atoms with van der Waals surface area (Å²) in [7, 11) is 6.53. The highest BCUT2D eigenvalue weighted by atomic mass is 16.3. The minimum Gasteiger partial charge on any atom is -0.510 e. The number of primary amides is 1. The smallest absolute Gasteiger partial charge is 0.255 e. The summed E-state index contributed by atoms with van der Waals surface area (Å²) >= 11 is 0. The fourth-order valence-corrected chi connectivity index (χ4v) is 6.96. The Kier molecular flexibility index (Phi) is 7.45. The van der Waals surface area contributed by atoms with Gasteiger partial charge in [-0.3, -0.25) is 19.3 Å². The molecule has 0 bridgehead atoms. The number of aliphatic hydroxyl groups is 2. The molecule has 44 heavy (non-hydrogen) atoms. The third-order valence-corrected chi connectivity index (χ3v) is 8.82. The predicted octanol–water partition coefficient (Wildman–Crippen LogP) is 1.07. The molecule has 228 valence electrons. The van der Waals surface area contributed by atoms with E-state index in [9.17, 15) is 34.6 Å². The third-order valence-electron chi connectivity index (χ3n) is 8.82. The summed E-state index contributed by atoms with van der Waals surface area (Å²) in [5, 5.41) is 37.5. The van der Waals surface area contributed by atoms with Crippen molar-refractivity contribution in [2.45, 2.75) is 36.4 Å². The van der Waals surface area contributed by atoms with Crippen LogP contribution in [-0.2, 0) is 22.4 Å². The molecule has 3 aliphatic carbocycles. The number of phenols is 1. The van der Waals surface area contributed by atoms with E-state index in [1.54, 1.807) is 25.1 Å². The van der Waals surface area contributed by atoms with Crippen LogP contribution in [0.3, 0.4) is 0 Å². The van der Waals surface area contributed by atoms with Gasteiger partial charge in [-0.1, -0.05) is 42.2 Å². The van der Waals surface area contributed by atoms with Gasteiger partial charge in [0.1, 0.15) is 22.8 Å². The second kappa shape index (κ2) is 10.7. The van der Waals surface area contributed by atoms with Gasteiger partial charge in [-0.25, -0.2) is 0 Å². The van der Waals surface area contributed by atoms with E-state index in [-0.39, 0.29) is 29.5 Å². The lowest BCUT2D eigenvalue weighted by Crippen LogP contribution is -2.78. The number of ketones is 2. The van der Waals surface area contributed by atoms with Gasteiger partial charge < -0.3 is 31.7 Å². The molecular formula is C32H33N5O7. The molecule has 0 fully saturated rings. The van der Waals surface area contributed by atoms with Crippen LogP contribution in [0.25, 0.3) is 0 Å². The van der Waals surface area contributed by atoms with E-state index in [1.807, 2.05) is 30.3 Å². The first-order valence-electron chi connectivity index (χ1n) is 13.9. The fourth-order valence-electron chi connectivity index (χ4n) is 6.96. The van der Waals surface area contributed by atoms with Crippen LogP contribution in [0.5, 0.6) is 5.75 Å². The average Bonchev–Trinajstić information content (AvgIpc) is 2.94. The Morgan fingerprint density at radius 3 is 2.36 bits per heavy atom. The van der Waals surface area contributed by atoms with Gasteiger partial charge in [0.15, 0.2) is 11.4 Å². The SMILES string of the molecule is CN(C)c1cc(C#CCc2ccccc2)c(O)c2c1C[C@H]1C[C@@]3(N)[C@H](N(C)C)C(O)=C(C(N)=O)C(=O)[C@@]3(O)C(N=O)=C1C2=O. The molecular weight excluding hydrogens is 566 g/mol. The van der Waals surface area contributed by atoms with Gasteiger partial charge in [-0.2, -0.15) is 0 Å². The quantitative estimate of drug-likeness (QED) is 0.188. The molecule has 0 aliphatic heterocycles. The Morgan fingerprint density at radius 2 is 1.80 bits per heavy atom. The number of rotatable bonds is 5. The zero-order chi connectivity index (χ0) is 32.3. The van der Waals surface area contributed by atoms with E-state index in [1.165, 1.54) is 19.0 Å². The first-order chi connectivity index (χ1) is 20.7. The van der Waals surface area contributed by atoms with E-state index >= 15 is 0 Å². The van der Waals surface area contributed by atoms with Crippen molar-refractivity contribution in [2.75, 3.05) is 33.1 Å². The number of carbonyl (C=O) groups is 3. The van der Waals surface area contributed by atoms with Crippen LogP contribution in [0.1, 0.15) is 33.5 Å². The van der Waals surface area contributed by atoms with Crippen molar-refractivity contribution < 1.29 is 29.7 Å². The number of allylic oxidation sites excluding steroid dienone is 1. The minimum atomic E-state index is -2.99. The van der Waals surface area contributed by atoms with Crippen molar-refractivity contribution in [3.63, 3.8) is 0 Å². The lowest BCUT2D eigenvalue weighted by Gasteiger charge is -2.56. The van der Waals surface area contributed by atoms with E-state index in [0.717, 1.165) is 5.56 Å². The second-order valence-corrected chi connectivity index (χ2v) is 11.9. The number of benzene rings is 2. The van der Waals surface area contributed by atoms with Crippen LogP contribution in [0.2, 0.25) is 0 Å². The van der Waals surface area contributed by atoms with E-state index in [4.69, 9.17) is 11.5 Å². The number of anilines is 1. The first-order valence-corrected chi connectivity index (χ1v) is 13.9. The van der Waals surface area contributed by atoms with Crippen LogP contribution in [0.15, 0.2) is 64.2 Å². The summed E-state index contributed by atoms with van der Waals surface area (Å²) in [6.07, 6.45) is 0.198. The van der Waals surface area contributed by atoms with Crippen LogP contribution < -0.4 is 16.4 Å². The van der Waals surface area contributed by atoms with Crippen LogP contribution >= 0.6 is 0 Å². The number of aliphatic hydroxyl groups excluding tert-OH is 1. The largest absolute Gasteiger partial charge is 0.510 e. The average molecular weight is 600 g/mol. The van der Waals surface area contributed by atoms with Gasteiger partial charge in [-0.15, -0.1) is 4.91 Å². The molecule has 0 unspecified atom stereocenters. The van der Waals surface area contributed by atoms with Crippen LogP contribution in [-0.4, -0.2) is 83.1 Å². The number of aromatic hydroxyl groups is 1. The summed E-state index contributed by atoms with van der Waals surface area (Å²) in [6.45, 7) is 0. The number of hydrogen-bond acceptors (Lipinski definition) is 11. The maximum Gasteiger partial charge on any atom is 0.255 e. The van der Waals surface area contributed by atoms with Gasteiger partial charge in [0, 0.05) is 31.8 Å². The standard InChI is InChI=1S/C32H33N5O7/c1-36(2)20-14-17(12-8-11-16-9-6-5-7-10-16)24(38)22-19(20)13-18-15-31(34)28(37(3)4)26(40)23(30(33)42)29(41)32(31,43)27(35-44)21(18)25(22)39/h5-7,9-10,14,18,28,38,40,43H,11,13,15,34H2,1-4H3,(H2,33,42)/t18-,28+,31+,32-/m0/s1. The van der Waals surface area contributed by atoms with Crippen molar-refractivity contribution in [2.24, 2.45) is 22.6 Å². The lowest BCUT2D eigenvalue weighted by atomic mass is 9.54. The molecule has 4 atom stereocenters. The molecule has 3 aliphatic rings. The third kappa shape index (κ3) is 4.23. The highest BCUT2D eigenvalue weighted by Crippen LogP contribution is 2.55. The molecule has 0 heterocycles. The number of nitrogens with two attached hydrogens (primary N) is 2. The van der Waals surface area contributed by atoms with E-state index in [0.29, 0.717) is 17.7 Å². The predicted molar refractivity (Wildman–Crippen MR) is 162 cm³/mol. The molecule has 12 heteroatoms. The van der Waals surface area contributed by atoms with Gasteiger partial charge >= 0.3 is 0 Å². The Morgan fingerprint density at radius 1 is 1.14 bits per heavy atom. The van der Waals surface area contributed by atoms with Gasteiger partial charge in [0.25, 0.3) is 5.91 Å². The number of hydrogen-bond donors (Lipinski definition) is 5. The normalized spacial score (nSPS) is 26.0. The zero-order valence-electron chi connectivity index (χ0n) is 24.7. The molecule has 2 aromatic rings. The maximum atomic E-state index is 14.3. The molecule has 2 aromatic carbocycles. The number of carbonyl (C=O) groups excluding carboxylic acids is 3. The number of Topliss-reactive ketones (excluding diaryl/α,β-unsaturated/α-hetero) is 2. The van der Waals surface area contributed by atoms with E-state index < -0.39 is 63.4 Å².